The normalized spacial score (nSPS) is 12.5. The van der Waals surface area contributed by atoms with Crippen LogP contribution in [0, 0.1) is 11.8 Å². The van der Waals surface area contributed by atoms with Gasteiger partial charge >= 0.3 is 0 Å². The Morgan fingerprint density at radius 1 is 1.37 bits per heavy atom. The lowest BCUT2D eigenvalue weighted by molar-refractivity contribution is -0.119. The molecule has 0 saturated heterocycles. The van der Waals surface area contributed by atoms with Crippen molar-refractivity contribution in [1.29, 1.82) is 0 Å². The summed E-state index contributed by atoms with van der Waals surface area (Å²) in [4.78, 5) is 18.2. The zero-order valence-corrected chi connectivity index (χ0v) is 12.2. The topological polar surface area (TPSA) is 59.2 Å². The van der Waals surface area contributed by atoms with Crippen LogP contribution in [0.2, 0.25) is 0 Å². The highest BCUT2D eigenvalue weighted by Crippen LogP contribution is 2.19. The standard InChI is InChI=1S/C15H25N3O/c1-4-18(14-5-7-17-8-6-14)15(19)10-13(11-16)9-12(2)3/h5-8,12-13H,4,9-11,16H2,1-3H3. The molecule has 106 valence electrons. The van der Waals surface area contributed by atoms with Crippen molar-refractivity contribution in [2.24, 2.45) is 17.6 Å². The van der Waals surface area contributed by atoms with E-state index >= 15 is 0 Å². The molecule has 0 bridgehead atoms. The van der Waals surface area contributed by atoms with Crippen LogP contribution in [-0.2, 0) is 4.79 Å². The Morgan fingerprint density at radius 3 is 2.47 bits per heavy atom. The summed E-state index contributed by atoms with van der Waals surface area (Å²) in [7, 11) is 0. The molecule has 19 heavy (non-hydrogen) atoms. The van der Waals surface area contributed by atoms with Crippen LogP contribution in [0.3, 0.4) is 0 Å². The van der Waals surface area contributed by atoms with Gasteiger partial charge in [0.1, 0.15) is 0 Å². The van der Waals surface area contributed by atoms with Gasteiger partial charge in [0.25, 0.3) is 0 Å². The van der Waals surface area contributed by atoms with Crippen molar-refractivity contribution in [3.05, 3.63) is 24.5 Å². The number of pyridine rings is 1. The van der Waals surface area contributed by atoms with Gasteiger partial charge in [-0.1, -0.05) is 13.8 Å². The van der Waals surface area contributed by atoms with E-state index in [1.807, 2.05) is 19.1 Å². The number of aromatic nitrogens is 1. The van der Waals surface area contributed by atoms with E-state index in [9.17, 15) is 4.79 Å². The monoisotopic (exact) mass is 263 g/mol. The molecule has 0 aromatic carbocycles. The summed E-state index contributed by atoms with van der Waals surface area (Å²) < 4.78 is 0. The van der Waals surface area contributed by atoms with Crippen molar-refractivity contribution >= 4 is 11.6 Å². The number of carbonyl (C=O) groups excluding carboxylic acids is 1. The zero-order chi connectivity index (χ0) is 14.3. The van der Waals surface area contributed by atoms with Crippen molar-refractivity contribution in [2.45, 2.75) is 33.6 Å². The summed E-state index contributed by atoms with van der Waals surface area (Å²) in [6.45, 7) is 7.54. The van der Waals surface area contributed by atoms with Crippen LogP contribution < -0.4 is 10.6 Å². The number of nitrogens with two attached hydrogens (primary N) is 1. The Labute approximate surface area is 116 Å². The summed E-state index contributed by atoms with van der Waals surface area (Å²) in [5.74, 6) is 0.977. The van der Waals surface area contributed by atoms with E-state index in [0.717, 1.165) is 12.1 Å². The highest BCUT2D eigenvalue weighted by atomic mass is 16.2. The molecule has 1 unspecified atom stereocenters. The van der Waals surface area contributed by atoms with E-state index in [2.05, 4.69) is 18.8 Å². The Bertz CT molecular complexity index is 378. The maximum absolute atomic E-state index is 12.4. The fourth-order valence-electron chi connectivity index (χ4n) is 2.31. The molecular formula is C15H25N3O. The zero-order valence-electron chi connectivity index (χ0n) is 12.2. The second-order valence-corrected chi connectivity index (χ2v) is 5.28. The highest BCUT2D eigenvalue weighted by molar-refractivity contribution is 5.93. The number of amides is 1. The minimum atomic E-state index is 0.143. The first-order valence-corrected chi connectivity index (χ1v) is 6.98. The largest absolute Gasteiger partial charge is 0.330 e. The van der Waals surface area contributed by atoms with Gasteiger partial charge in [0.15, 0.2) is 0 Å². The maximum Gasteiger partial charge on any atom is 0.227 e. The molecule has 1 aromatic heterocycles. The number of carbonyl (C=O) groups is 1. The third-order valence-corrected chi connectivity index (χ3v) is 3.19. The van der Waals surface area contributed by atoms with Crippen LogP contribution in [0.5, 0.6) is 0 Å². The second-order valence-electron chi connectivity index (χ2n) is 5.28. The molecule has 1 amide bonds. The van der Waals surface area contributed by atoms with Crippen LogP contribution in [0.15, 0.2) is 24.5 Å². The lowest BCUT2D eigenvalue weighted by atomic mass is 9.93. The van der Waals surface area contributed by atoms with Gasteiger partial charge in [0.05, 0.1) is 0 Å². The number of hydrogen-bond acceptors (Lipinski definition) is 3. The highest BCUT2D eigenvalue weighted by Gasteiger charge is 2.19. The van der Waals surface area contributed by atoms with E-state index in [-0.39, 0.29) is 11.8 Å². The van der Waals surface area contributed by atoms with Crippen LogP contribution in [-0.4, -0.2) is 24.0 Å². The molecule has 2 N–H and O–H groups in total. The van der Waals surface area contributed by atoms with E-state index in [4.69, 9.17) is 5.73 Å². The molecule has 0 aliphatic rings. The molecule has 0 aliphatic heterocycles. The molecule has 0 fully saturated rings. The average molecular weight is 263 g/mol. The molecule has 0 radical (unpaired) electrons. The van der Waals surface area contributed by atoms with Gasteiger partial charge in [-0.15, -0.1) is 0 Å². The van der Waals surface area contributed by atoms with Crippen molar-refractivity contribution in [2.75, 3.05) is 18.0 Å². The predicted octanol–water partition coefficient (Wildman–Crippen LogP) is 2.45. The van der Waals surface area contributed by atoms with Crippen molar-refractivity contribution in [3.8, 4) is 0 Å². The van der Waals surface area contributed by atoms with Gasteiger partial charge in [-0.05, 0) is 43.9 Å². The van der Waals surface area contributed by atoms with Gasteiger partial charge in [-0.25, -0.2) is 0 Å². The first kappa shape index (κ1) is 15.6. The number of hydrogen-bond donors (Lipinski definition) is 1. The Morgan fingerprint density at radius 2 is 2.00 bits per heavy atom. The van der Waals surface area contributed by atoms with Crippen molar-refractivity contribution < 1.29 is 4.79 Å². The second kappa shape index (κ2) is 7.89. The van der Waals surface area contributed by atoms with E-state index in [1.54, 1.807) is 17.3 Å². The number of rotatable bonds is 7. The summed E-state index contributed by atoms with van der Waals surface area (Å²) in [5, 5.41) is 0. The summed E-state index contributed by atoms with van der Waals surface area (Å²) in [6.07, 6.45) is 4.93. The van der Waals surface area contributed by atoms with Crippen LogP contribution in [0.25, 0.3) is 0 Å². The maximum atomic E-state index is 12.4. The van der Waals surface area contributed by atoms with E-state index in [1.165, 1.54) is 0 Å². The molecule has 1 rings (SSSR count). The summed E-state index contributed by atoms with van der Waals surface area (Å²) in [6, 6.07) is 3.72. The third kappa shape index (κ3) is 4.99. The first-order valence-electron chi connectivity index (χ1n) is 6.98. The van der Waals surface area contributed by atoms with Crippen LogP contribution in [0.4, 0.5) is 5.69 Å². The third-order valence-electron chi connectivity index (χ3n) is 3.19. The van der Waals surface area contributed by atoms with Crippen LogP contribution >= 0.6 is 0 Å². The molecule has 1 atom stereocenters. The van der Waals surface area contributed by atoms with E-state index < -0.39 is 0 Å². The fourth-order valence-corrected chi connectivity index (χ4v) is 2.31. The number of anilines is 1. The summed E-state index contributed by atoms with van der Waals surface area (Å²) in [5.41, 5.74) is 6.67. The minimum absolute atomic E-state index is 0.143. The average Bonchev–Trinajstić information content (AvgIpc) is 2.39. The Hall–Kier alpha value is -1.42. The molecule has 1 aromatic rings. The molecule has 4 nitrogen and oxygen atoms in total. The van der Waals surface area contributed by atoms with Gasteiger partial charge in [0.2, 0.25) is 5.91 Å². The quantitative estimate of drug-likeness (QED) is 0.822. The van der Waals surface area contributed by atoms with Gasteiger partial charge in [-0.2, -0.15) is 0 Å². The van der Waals surface area contributed by atoms with Crippen molar-refractivity contribution in [1.82, 2.24) is 4.98 Å². The number of nitrogens with zero attached hydrogens (tertiary/aromatic N) is 2. The first-order chi connectivity index (χ1) is 9.08. The Balaban J connectivity index is 2.69. The molecule has 4 heteroatoms. The lowest BCUT2D eigenvalue weighted by Gasteiger charge is -2.24. The predicted molar refractivity (Wildman–Crippen MR) is 78.9 cm³/mol. The smallest absolute Gasteiger partial charge is 0.227 e. The molecule has 0 spiro atoms. The van der Waals surface area contributed by atoms with Gasteiger partial charge in [-0.3, -0.25) is 9.78 Å². The van der Waals surface area contributed by atoms with Crippen molar-refractivity contribution in [3.63, 3.8) is 0 Å². The van der Waals surface area contributed by atoms with Crippen LogP contribution in [0.1, 0.15) is 33.6 Å². The SMILES string of the molecule is CCN(C(=O)CC(CN)CC(C)C)c1ccncc1. The minimum Gasteiger partial charge on any atom is -0.330 e. The lowest BCUT2D eigenvalue weighted by Crippen LogP contribution is -2.33. The van der Waals surface area contributed by atoms with Gasteiger partial charge < -0.3 is 10.6 Å². The molecule has 0 saturated carbocycles. The summed E-state index contributed by atoms with van der Waals surface area (Å²) >= 11 is 0. The van der Waals surface area contributed by atoms with E-state index in [0.29, 0.717) is 25.4 Å². The van der Waals surface area contributed by atoms with Gasteiger partial charge in [0, 0.05) is 31.0 Å². The molecule has 0 aliphatic carbocycles. The fraction of sp³-hybridized carbons (Fsp3) is 0.600. The molecular weight excluding hydrogens is 238 g/mol. The molecule has 1 heterocycles. The Kier molecular flexibility index (Phi) is 6.50.